The number of benzene rings is 2. The quantitative estimate of drug-likeness (QED) is 0.387. The fourth-order valence-electron chi connectivity index (χ4n) is 2.20. The lowest BCUT2D eigenvalue weighted by molar-refractivity contribution is -0.385. The number of non-ortho nitro benzene ring substituents is 1. The Kier molecular flexibility index (Phi) is 5.09. The highest BCUT2D eigenvalue weighted by atomic mass is 32.1. The standard InChI is InChI=1S/C17H14N4O4S/c1-25-15-8-13(21(23)24)7-12(16(15)22)9-18-20-17-19-14(10-26-17)11-5-3-2-4-6-11/h2-10,22H,1H3,(H,19,20)/b18-9+. The topological polar surface area (TPSA) is 110 Å². The van der Waals surface area contributed by atoms with Crippen molar-refractivity contribution in [2.45, 2.75) is 0 Å². The van der Waals surface area contributed by atoms with Crippen molar-refractivity contribution in [2.24, 2.45) is 5.10 Å². The third-order valence-corrected chi connectivity index (χ3v) is 4.20. The molecule has 0 aliphatic carbocycles. The summed E-state index contributed by atoms with van der Waals surface area (Å²) in [5, 5.41) is 27.5. The van der Waals surface area contributed by atoms with Gasteiger partial charge in [-0.25, -0.2) is 4.98 Å². The Bertz CT molecular complexity index is 957. The minimum Gasteiger partial charge on any atom is -0.504 e. The van der Waals surface area contributed by atoms with E-state index in [2.05, 4.69) is 15.5 Å². The second-order valence-electron chi connectivity index (χ2n) is 5.12. The van der Waals surface area contributed by atoms with Crippen molar-refractivity contribution in [3.8, 4) is 22.8 Å². The first-order chi connectivity index (χ1) is 12.6. The van der Waals surface area contributed by atoms with E-state index < -0.39 is 4.92 Å². The van der Waals surface area contributed by atoms with Gasteiger partial charge in [0.2, 0.25) is 5.13 Å². The van der Waals surface area contributed by atoms with Crippen molar-refractivity contribution in [1.29, 1.82) is 0 Å². The Morgan fingerprint density at radius 3 is 2.81 bits per heavy atom. The summed E-state index contributed by atoms with van der Waals surface area (Å²) in [4.78, 5) is 14.8. The third kappa shape index (κ3) is 3.78. The van der Waals surface area contributed by atoms with Crippen LogP contribution in [0.4, 0.5) is 10.8 Å². The maximum Gasteiger partial charge on any atom is 0.274 e. The van der Waals surface area contributed by atoms with Crippen molar-refractivity contribution in [3.05, 3.63) is 63.5 Å². The molecule has 0 unspecified atom stereocenters. The number of phenols is 1. The maximum atomic E-state index is 11.0. The highest BCUT2D eigenvalue weighted by Crippen LogP contribution is 2.33. The normalized spacial score (nSPS) is 10.8. The summed E-state index contributed by atoms with van der Waals surface area (Å²) in [7, 11) is 1.32. The highest BCUT2D eigenvalue weighted by molar-refractivity contribution is 7.14. The van der Waals surface area contributed by atoms with E-state index in [0.29, 0.717) is 5.13 Å². The lowest BCUT2D eigenvalue weighted by Crippen LogP contribution is -1.96. The largest absolute Gasteiger partial charge is 0.504 e. The molecule has 1 heterocycles. The van der Waals surface area contributed by atoms with Crippen LogP contribution in [0.25, 0.3) is 11.3 Å². The Balaban J connectivity index is 1.78. The number of nitrogens with one attached hydrogen (secondary N) is 1. The van der Waals surface area contributed by atoms with E-state index in [1.54, 1.807) is 0 Å². The zero-order valence-electron chi connectivity index (χ0n) is 13.6. The van der Waals surface area contributed by atoms with Gasteiger partial charge in [-0.15, -0.1) is 11.3 Å². The van der Waals surface area contributed by atoms with Gasteiger partial charge in [0, 0.05) is 22.6 Å². The van der Waals surface area contributed by atoms with Gasteiger partial charge in [-0.1, -0.05) is 30.3 Å². The fraction of sp³-hybridized carbons (Fsp3) is 0.0588. The van der Waals surface area contributed by atoms with E-state index in [1.165, 1.54) is 30.7 Å². The fourth-order valence-corrected chi connectivity index (χ4v) is 2.87. The summed E-state index contributed by atoms with van der Waals surface area (Å²) in [6.07, 6.45) is 1.27. The van der Waals surface area contributed by atoms with Crippen molar-refractivity contribution in [3.63, 3.8) is 0 Å². The molecule has 0 saturated heterocycles. The third-order valence-electron chi connectivity index (χ3n) is 3.46. The van der Waals surface area contributed by atoms with E-state index in [9.17, 15) is 15.2 Å². The van der Waals surface area contributed by atoms with Crippen LogP contribution in [-0.4, -0.2) is 28.3 Å². The molecular weight excluding hydrogens is 356 g/mol. The van der Waals surface area contributed by atoms with Gasteiger partial charge in [0.1, 0.15) is 0 Å². The highest BCUT2D eigenvalue weighted by Gasteiger charge is 2.15. The SMILES string of the molecule is COc1cc([N+](=O)[O-])cc(/C=N/Nc2nc(-c3ccccc3)cs2)c1O. The van der Waals surface area contributed by atoms with Gasteiger partial charge >= 0.3 is 0 Å². The molecule has 0 amide bonds. The van der Waals surface area contributed by atoms with Crippen LogP contribution in [0.1, 0.15) is 5.56 Å². The summed E-state index contributed by atoms with van der Waals surface area (Å²) in [6.45, 7) is 0. The zero-order valence-corrected chi connectivity index (χ0v) is 14.4. The lowest BCUT2D eigenvalue weighted by atomic mass is 10.2. The number of anilines is 1. The van der Waals surface area contributed by atoms with E-state index in [1.807, 2.05) is 35.7 Å². The molecule has 2 N–H and O–H groups in total. The van der Waals surface area contributed by atoms with Crippen molar-refractivity contribution >= 4 is 28.4 Å². The average molecular weight is 370 g/mol. The summed E-state index contributed by atoms with van der Waals surface area (Å²) in [6, 6.07) is 12.0. The second-order valence-corrected chi connectivity index (χ2v) is 5.98. The van der Waals surface area contributed by atoms with E-state index in [4.69, 9.17) is 4.74 Å². The van der Waals surface area contributed by atoms with Crippen molar-refractivity contribution in [2.75, 3.05) is 12.5 Å². The molecule has 8 nitrogen and oxygen atoms in total. The van der Waals surface area contributed by atoms with Gasteiger partial charge in [-0.2, -0.15) is 5.10 Å². The summed E-state index contributed by atoms with van der Waals surface area (Å²) in [5.41, 5.74) is 4.50. The van der Waals surface area contributed by atoms with Crippen LogP contribution in [-0.2, 0) is 0 Å². The molecule has 3 aromatic rings. The van der Waals surface area contributed by atoms with Crippen molar-refractivity contribution < 1.29 is 14.8 Å². The monoisotopic (exact) mass is 370 g/mol. The van der Waals surface area contributed by atoms with Crippen LogP contribution in [0.5, 0.6) is 11.5 Å². The minimum atomic E-state index is -0.570. The number of thiazole rings is 1. The van der Waals surface area contributed by atoms with E-state index in [0.717, 1.165) is 17.3 Å². The smallest absolute Gasteiger partial charge is 0.274 e. The van der Waals surface area contributed by atoms with E-state index >= 15 is 0 Å². The number of phenolic OH excluding ortho intramolecular Hbond substituents is 1. The number of aromatic nitrogens is 1. The predicted octanol–water partition coefficient (Wildman–Crippen LogP) is 3.88. The van der Waals surface area contributed by atoms with Gasteiger partial charge in [0.15, 0.2) is 11.5 Å². The molecule has 1 aromatic heterocycles. The van der Waals surface area contributed by atoms with Crippen molar-refractivity contribution in [1.82, 2.24) is 4.98 Å². The molecule has 26 heavy (non-hydrogen) atoms. The van der Waals surface area contributed by atoms with Gasteiger partial charge in [0.05, 0.1) is 30.0 Å². The Morgan fingerprint density at radius 2 is 2.12 bits per heavy atom. The number of methoxy groups -OCH3 is 1. The number of nitro benzene ring substituents is 1. The molecule has 0 saturated carbocycles. The molecule has 0 aliphatic rings. The van der Waals surface area contributed by atoms with Crippen LogP contribution < -0.4 is 10.2 Å². The molecule has 2 aromatic carbocycles. The minimum absolute atomic E-state index is 0.00117. The zero-order chi connectivity index (χ0) is 18.5. The van der Waals surface area contributed by atoms with Gasteiger partial charge in [0.25, 0.3) is 5.69 Å². The number of nitro groups is 1. The first kappa shape index (κ1) is 17.4. The molecule has 0 bridgehead atoms. The molecule has 3 rings (SSSR count). The maximum absolute atomic E-state index is 11.0. The number of hydrogen-bond donors (Lipinski definition) is 2. The van der Waals surface area contributed by atoms with Crippen LogP contribution in [0.3, 0.4) is 0 Å². The summed E-state index contributed by atoms with van der Waals surface area (Å²) < 4.78 is 4.95. The number of ether oxygens (including phenoxy) is 1. The van der Waals surface area contributed by atoms with Crippen LogP contribution in [0.15, 0.2) is 52.9 Å². The number of hydrazone groups is 1. The average Bonchev–Trinajstić information content (AvgIpc) is 3.12. The van der Waals surface area contributed by atoms with Gasteiger partial charge in [-0.3, -0.25) is 15.5 Å². The number of nitrogens with zero attached hydrogens (tertiary/aromatic N) is 3. The molecule has 0 atom stereocenters. The predicted molar refractivity (Wildman–Crippen MR) is 100 cm³/mol. The molecule has 0 radical (unpaired) electrons. The van der Waals surface area contributed by atoms with Gasteiger partial charge < -0.3 is 9.84 Å². The summed E-state index contributed by atoms with van der Waals surface area (Å²) >= 11 is 1.37. The molecular formula is C17H14N4O4S. The van der Waals surface area contributed by atoms with Crippen LogP contribution in [0.2, 0.25) is 0 Å². The first-order valence-electron chi connectivity index (χ1n) is 7.44. The molecule has 0 aliphatic heterocycles. The Morgan fingerprint density at radius 1 is 1.35 bits per heavy atom. The summed E-state index contributed by atoms with van der Waals surface area (Å²) in [5.74, 6) is -0.228. The number of rotatable bonds is 6. The Hall–Kier alpha value is -3.46. The Labute approximate surface area is 152 Å². The number of hydrogen-bond acceptors (Lipinski definition) is 8. The van der Waals surface area contributed by atoms with Crippen LogP contribution in [0, 0.1) is 10.1 Å². The van der Waals surface area contributed by atoms with Crippen LogP contribution >= 0.6 is 11.3 Å². The molecule has 0 spiro atoms. The van der Waals surface area contributed by atoms with Gasteiger partial charge in [-0.05, 0) is 0 Å². The lowest BCUT2D eigenvalue weighted by Gasteiger charge is -2.05. The second kappa shape index (κ2) is 7.62. The molecule has 132 valence electrons. The van der Waals surface area contributed by atoms with E-state index in [-0.39, 0.29) is 22.7 Å². The first-order valence-corrected chi connectivity index (χ1v) is 8.32. The number of aromatic hydroxyl groups is 1. The molecule has 9 heteroatoms. The molecule has 0 fully saturated rings.